The van der Waals surface area contributed by atoms with Gasteiger partial charge in [-0.15, -0.1) is 26.3 Å². The first-order chi connectivity index (χ1) is 40.4. The maximum atomic E-state index is 12.5. The Balaban J connectivity index is 0.000000542. The molecular weight excluding hydrogens is 1310 g/mol. The van der Waals surface area contributed by atoms with E-state index in [9.17, 15) is 105 Å². The summed E-state index contributed by atoms with van der Waals surface area (Å²) in [7, 11) is 0. The molecule has 0 aliphatic heterocycles. The van der Waals surface area contributed by atoms with Crippen LogP contribution in [0.15, 0.2) is 116 Å². The van der Waals surface area contributed by atoms with Crippen molar-refractivity contribution in [3.8, 4) is 11.5 Å². The van der Waals surface area contributed by atoms with Gasteiger partial charge < -0.3 is 9.47 Å². The molecule has 0 N–H and O–H groups in total. The molecule has 0 aliphatic carbocycles. The van der Waals surface area contributed by atoms with E-state index in [-0.39, 0.29) is 62.6 Å². The Bertz CT molecular complexity index is 3070. The molecular formula is C61H61Cl2F24NO2. The number of ether oxygens (including phenoxy) is 2. The van der Waals surface area contributed by atoms with Crippen LogP contribution < -0.4 is 9.47 Å². The molecule has 0 spiro atoms. The molecule has 90 heavy (non-hydrogen) atoms. The number of hydrogen-bond acceptors (Lipinski definition) is 3. The van der Waals surface area contributed by atoms with Gasteiger partial charge in [-0.05, 0) is 154 Å². The van der Waals surface area contributed by atoms with Crippen molar-refractivity contribution < 1.29 is 115 Å². The molecule has 0 amide bonds. The van der Waals surface area contributed by atoms with Crippen LogP contribution in [0.1, 0.15) is 185 Å². The van der Waals surface area contributed by atoms with Crippen molar-refractivity contribution in [2.45, 2.75) is 168 Å². The Labute approximate surface area is 513 Å². The van der Waals surface area contributed by atoms with Gasteiger partial charge >= 0.3 is 49.8 Å². The number of benzene rings is 5. The van der Waals surface area contributed by atoms with Crippen LogP contribution >= 0.6 is 23.2 Å². The van der Waals surface area contributed by atoms with Gasteiger partial charge in [0.15, 0.2) is 0 Å². The average molecular weight is 1370 g/mol. The van der Waals surface area contributed by atoms with Crippen LogP contribution in [0, 0.1) is 0 Å². The molecule has 0 fully saturated rings. The van der Waals surface area contributed by atoms with Crippen molar-refractivity contribution in [2.24, 2.45) is 0 Å². The number of alkyl halides is 24. The fourth-order valence-corrected chi connectivity index (χ4v) is 7.32. The monoisotopic (exact) mass is 1370 g/mol. The van der Waals surface area contributed by atoms with Gasteiger partial charge in [0.05, 0.1) is 33.4 Å². The summed E-state index contributed by atoms with van der Waals surface area (Å²) in [6.45, 7) is 21.0. The maximum absolute atomic E-state index is 12.5. The van der Waals surface area contributed by atoms with Crippen LogP contribution in [0.3, 0.4) is 0 Å². The summed E-state index contributed by atoms with van der Waals surface area (Å²) in [4.78, 5) is 3.55. The molecule has 29 heteroatoms. The highest BCUT2D eigenvalue weighted by Gasteiger charge is 2.39. The number of rotatable bonds is 8. The number of pyridine rings is 1. The topological polar surface area (TPSA) is 31.4 Å². The third kappa shape index (κ3) is 30.7. The lowest BCUT2D eigenvalue weighted by Gasteiger charge is -2.15. The minimum Gasteiger partial charge on any atom is -0.406 e. The second-order valence-corrected chi connectivity index (χ2v) is 22.1. The molecule has 6 rings (SSSR count). The van der Waals surface area contributed by atoms with E-state index in [0.717, 1.165) is 66.4 Å². The zero-order valence-electron chi connectivity index (χ0n) is 49.5. The van der Waals surface area contributed by atoms with Crippen LogP contribution in [0.4, 0.5) is 105 Å². The van der Waals surface area contributed by atoms with Gasteiger partial charge in [-0.1, -0.05) is 124 Å². The molecule has 0 bridgehead atoms. The van der Waals surface area contributed by atoms with Gasteiger partial charge in [0.2, 0.25) is 0 Å². The summed E-state index contributed by atoms with van der Waals surface area (Å²) in [5.74, 6) is -1.56. The Kier molecular flexibility index (Phi) is 29.8. The minimum absolute atomic E-state index is 0.0205. The van der Waals surface area contributed by atoms with Gasteiger partial charge in [0.25, 0.3) is 0 Å². The summed E-state index contributed by atoms with van der Waals surface area (Å²) < 4.78 is 302. The number of nitrogens with zero attached hydrogens (tertiary/aromatic N) is 1. The smallest absolute Gasteiger partial charge is 0.406 e. The van der Waals surface area contributed by atoms with E-state index in [2.05, 4.69) is 14.5 Å². The normalized spacial score (nSPS) is 12.5. The van der Waals surface area contributed by atoms with Crippen LogP contribution in [-0.2, 0) is 37.1 Å². The highest BCUT2D eigenvalue weighted by atomic mass is 35.5. The third-order valence-corrected chi connectivity index (χ3v) is 12.2. The fraction of sp³-hybridized carbons (Fsp3) is 0.426. The molecule has 5 aromatic carbocycles. The van der Waals surface area contributed by atoms with Crippen molar-refractivity contribution in [1.82, 2.24) is 4.98 Å². The number of aromatic nitrogens is 1. The summed E-state index contributed by atoms with van der Waals surface area (Å²) >= 11 is 11.3. The lowest BCUT2D eigenvalue weighted by molar-refractivity contribution is -0.275. The predicted molar refractivity (Wildman–Crippen MR) is 294 cm³/mol. The molecule has 0 saturated carbocycles. The highest BCUT2D eigenvalue weighted by molar-refractivity contribution is 6.31. The van der Waals surface area contributed by atoms with Crippen LogP contribution in [-0.4, -0.2) is 17.7 Å². The average Bonchev–Trinajstić information content (AvgIpc) is 1.85. The van der Waals surface area contributed by atoms with Gasteiger partial charge in [0, 0.05) is 22.4 Å². The van der Waals surface area contributed by atoms with Crippen molar-refractivity contribution >= 4 is 23.2 Å². The largest absolute Gasteiger partial charge is 0.573 e. The van der Waals surface area contributed by atoms with Gasteiger partial charge in [0.1, 0.15) is 11.5 Å². The van der Waals surface area contributed by atoms with Crippen molar-refractivity contribution in [2.75, 3.05) is 0 Å². The molecule has 504 valence electrons. The first-order valence-electron chi connectivity index (χ1n) is 26.3. The maximum Gasteiger partial charge on any atom is 0.573 e. The molecule has 0 unspecified atom stereocenters. The number of halogens is 26. The molecule has 6 aromatic rings. The van der Waals surface area contributed by atoms with E-state index < -0.39 is 94.8 Å². The number of hydrogen-bond donors (Lipinski definition) is 0. The Morgan fingerprint density at radius 2 is 0.556 bits per heavy atom. The SMILES string of the molecule is CC(C)c1cc(C(F)(F)F)cc(C(F)(F)F)c1.CC(C)c1cc(Cl)cc(C(F)(F)F)c1.CC(C)c1cc(Cl)cc(OC(F)(F)F)c1.CC(C)c1cc(OC(F)(F)F)cc(C(F)(F)F)c1.CC(C)c1cccc(C(F)(F)F)c1.CC(C)c1cncc(C(F)(F)F)c1. The van der Waals surface area contributed by atoms with Crippen molar-refractivity contribution in [3.05, 3.63) is 192 Å². The standard InChI is InChI=1S/C11H10F6O.C11H10F6.C10H10ClF3O.C10H10ClF3.C10H11F3.C9H10F3N/c1-6(2)7-3-8(10(12,13)14)5-9(4-7)18-11(15,16)17;1-6(2)7-3-8(10(12,13)14)5-9(4-7)11(15,16)17;1-6(2)7-3-8(11)5-9(4-7)15-10(12,13)14;1-6(2)7-3-8(10(12,13)14)5-9(11)4-7;1-7(2)8-4-3-5-9(6-8)10(11,12)13;1-6(2)7-3-8(5-13-4-7)9(10,11)12/h3-6H,1-2H3;3-6H,1-2H3;3-6H,1-2H3;3-6H,1-2H3;3-7H,1-2H3;3-6H,1-2H3. The molecule has 0 atom stereocenters. The lowest BCUT2D eigenvalue weighted by atomic mass is 9.97. The predicted octanol–water partition coefficient (Wildman–Crippen LogP) is 25.5. The van der Waals surface area contributed by atoms with E-state index in [4.69, 9.17) is 23.2 Å². The lowest BCUT2D eigenvalue weighted by Crippen LogP contribution is -2.18. The van der Waals surface area contributed by atoms with Gasteiger partial charge in [-0.2, -0.15) is 79.0 Å². The summed E-state index contributed by atoms with van der Waals surface area (Å²) in [5.41, 5.74) is -2.85. The fourth-order valence-electron chi connectivity index (χ4n) is 6.85. The van der Waals surface area contributed by atoms with E-state index in [1.807, 2.05) is 55.4 Å². The van der Waals surface area contributed by atoms with E-state index >= 15 is 0 Å². The zero-order chi connectivity index (χ0) is 70.3. The van der Waals surface area contributed by atoms with Crippen molar-refractivity contribution in [3.63, 3.8) is 0 Å². The zero-order valence-corrected chi connectivity index (χ0v) is 51.0. The second kappa shape index (κ2) is 32.8. The molecule has 0 radical (unpaired) electrons. The summed E-state index contributed by atoms with van der Waals surface area (Å²) in [5, 5.41) is 0.365. The molecule has 0 aliphatic rings. The van der Waals surface area contributed by atoms with Crippen LogP contribution in [0.2, 0.25) is 10.0 Å². The first-order valence-corrected chi connectivity index (χ1v) is 27.1. The van der Waals surface area contributed by atoms with Crippen molar-refractivity contribution in [1.29, 1.82) is 0 Å². The first kappa shape index (κ1) is 81.8. The molecule has 0 saturated heterocycles. The molecule has 1 aromatic heterocycles. The van der Waals surface area contributed by atoms with Gasteiger partial charge in [-0.3, -0.25) is 4.98 Å². The third-order valence-electron chi connectivity index (χ3n) is 11.8. The Morgan fingerprint density at radius 3 is 0.900 bits per heavy atom. The van der Waals surface area contributed by atoms with E-state index in [1.165, 1.54) is 38.2 Å². The molecule has 1 heterocycles. The minimum atomic E-state index is -5.02. The van der Waals surface area contributed by atoms with E-state index in [1.54, 1.807) is 32.0 Å². The molecule has 3 nitrogen and oxygen atoms in total. The van der Waals surface area contributed by atoms with Gasteiger partial charge in [-0.25, -0.2) is 0 Å². The quantitative estimate of drug-likeness (QED) is 0.142. The Hall–Kier alpha value is -6.25. The summed E-state index contributed by atoms with van der Waals surface area (Å²) in [6, 6.07) is 18.0. The van der Waals surface area contributed by atoms with Crippen LogP contribution in [0.5, 0.6) is 11.5 Å². The highest BCUT2D eigenvalue weighted by Crippen LogP contribution is 2.40. The van der Waals surface area contributed by atoms with Crippen LogP contribution in [0.25, 0.3) is 0 Å². The second-order valence-electron chi connectivity index (χ2n) is 21.3. The summed E-state index contributed by atoms with van der Waals surface area (Å²) in [6.07, 6.45) is -34.5. The van der Waals surface area contributed by atoms with E-state index in [0.29, 0.717) is 22.8 Å². The Morgan fingerprint density at radius 1 is 0.278 bits per heavy atom.